The number of hydrogen-bond acceptors (Lipinski definition) is 0. The van der Waals surface area contributed by atoms with Gasteiger partial charge >= 0.3 is 146 Å². The van der Waals surface area contributed by atoms with Crippen molar-refractivity contribution in [2.75, 3.05) is 0 Å². The molecule has 0 unspecified atom stereocenters. The van der Waals surface area contributed by atoms with Crippen molar-refractivity contribution in [1.29, 1.82) is 0 Å². The van der Waals surface area contributed by atoms with Crippen LogP contribution in [-0.2, 0) is 6.42 Å². The third kappa shape index (κ3) is 9.21. The molecule has 0 N–H and O–H groups in total. The molecular formula is C25H36I-. The number of unbranched alkanes of at least 4 members (excludes halogenated alkanes) is 9. The maximum absolute atomic E-state index is 2.36. The molecule has 0 radical (unpaired) electrons. The first kappa shape index (κ1) is 21.5. The van der Waals surface area contributed by atoms with Crippen LogP contribution in [0.1, 0.15) is 82.3 Å². The molecule has 0 atom stereocenters. The third-order valence-electron chi connectivity index (χ3n) is 4.96. The Labute approximate surface area is 172 Å². The first-order valence-corrected chi connectivity index (χ1v) is 12.7. The first-order valence-electron chi connectivity index (χ1n) is 10.6. The van der Waals surface area contributed by atoms with Gasteiger partial charge in [-0.25, -0.2) is 0 Å². The number of hydrogen-bond donors (Lipinski definition) is 0. The van der Waals surface area contributed by atoms with E-state index in [1.165, 1.54) is 88.9 Å². The third-order valence-corrected chi connectivity index (χ3v) is 7.65. The van der Waals surface area contributed by atoms with Crippen LogP contribution in [0.3, 0.4) is 0 Å². The van der Waals surface area contributed by atoms with Gasteiger partial charge < -0.3 is 0 Å². The van der Waals surface area contributed by atoms with Gasteiger partial charge in [-0.15, -0.1) is 0 Å². The van der Waals surface area contributed by atoms with E-state index >= 15 is 0 Å². The molecule has 2 aromatic carbocycles. The number of benzene rings is 2. The fourth-order valence-corrected chi connectivity index (χ4v) is 5.41. The predicted octanol–water partition coefficient (Wildman–Crippen LogP) is 4.59. The molecule has 0 amide bonds. The van der Waals surface area contributed by atoms with Gasteiger partial charge in [0.1, 0.15) is 0 Å². The molecule has 26 heavy (non-hydrogen) atoms. The van der Waals surface area contributed by atoms with Crippen molar-refractivity contribution in [2.45, 2.75) is 84.5 Å². The zero-order valence-electron chi connectivity index (χ0n) is 16.8. The molecule has 2 rings (SSSR count). The van der Waals surface area contributed by atoms with E-state index < -0.39 is 0 Å². The second-order valence-corrected chi connectivity index (χ2v) is 10.5. The second kappa shape index (κ2) is 13.4. The van der Waals surface area contributed by atoms with Gasteiger partial charge in [-0.1, -0.05) is 26.2 Å². The minimum absolute atomic E-state index is 0.0271. The summed E-state index contributed by atoms with van der Waals surface area (Å²) in [5.41, 5.74) is 2.87. The molecule has 0 aromatic heterocycles. The summed E-state index contributed by atoms with van der Waals surface area (Å²) in [4.78, 5) is 0. The summed E-state index contributed by atoms with van der Waals surface area (Å²) in [6.45, 7) is 4.45. The zero-order chi connectivity index (χ0) is 18.5. The van der Waals surface area contributed by atoms with E-state index in [0.29, 0.717) is 0 Å². The van der Waals surface area contributed by atoms with Gasteiger partial charge in [-0.3, -0.25) is 0 Å². The molecule has 0 bridgehead atoms. The fraction of sp³-hybridized carbons (Fsp3) is 0.520. The second-order valence-electron chi connectivity index (χ2n) is 7.45. The summed E-state index contributed by atoms with van der Waals surface area (Å²) < 4.78 is 3.04. The van der Waals surface area contributed by atoms with E-state index in [0.717, 1.165) is 0 Å². The van der Waals surface area contributed by atoms with Gasteiger partial charge in [-0.05, 0) is 0 Å². The Morgan fingerprint density at radius 1 is 0.577 bits per heavy atom. The van der Waals surface area contributed by atoms with E-state index in [-0.39, 0.29) is 21.2 Å². The summed E-state index contributed by atoms with van der Waals surface area (Å²) >= 11 is -0.0271. The zero-order valence-corrected chi connectivity index (χ0v) is 18.9. The van der Waals surface area contributed by atoms with Gasteiger partial charge in [0, 0.05) is 0 Å². The van der Waals surface area contributed by atoms with Crippen LogP contribution in [0, 0.1) is 14.1 Å². The van der Waals surface area contributed by atoms with Crippen molar-refractivity contribution < 1.29 is 21.2 Å². The normalized spacial score (nSPS) is 11.2. The average molecular weight is 463 g/mol. The molecule has 0 aliphatic heterocycles. The molecule has 0 aliphatic rings. The Kier molecular flexibility index (Phi) is 11.0. The Morgan fingerprint density at radius 2 is 1.04 bits per heavy atom. The van der Waals surface area contributed by atoms with Crippen molar-refractivity contribution in [3.8, 4) is 0 Å². The van der Waals surface area contributed by atoms with Crippen LogP contribution in [-0.4, -0.2) is 0 Å². The van der Waals surface area contributed by atoms with Crippen molar-refractivity contribution in [3.63, 3.8) is 0 Å². The van der Waals surface area contributed by atoms with E-state index in [9.17, 15) is 0 Å². The van der Waals surface area contributed by atoms with E-state index in [2.05, 4.69) is 62.4 Å². The standard InChI is InChI=1S/C25H36I/c1-3-4-5-6-7-8-9-10-11-12-13-23-16-20-25(21-17-23)26-24-18-14-22(2)15-19-24/h14-21H,3-13H2,1-2H3/q-1. The minimum atomic E-state index is -0.0271. The number of rotatable bonds is 13. The van der Waals surface area contributed by atoms with E-state index in [1.54, 1.807) is 0 Å². The molecule has 1 heteroatoms. The predicted molar refractivity (Wildman–Crippen MR) is 111 cm³/mol. The summed E-state index contributed by atoms with van der Waals surface area (Å²) in [5.74, 6) is 0. The van der Waals surface area contributed by atoms with Crippen LogP contribution in [0.2, 0.25) is 0 Å². The monoisotopic (exact) mass is 463 g/mol. The molecule has 0 saturated heterocycles. The van der Waals surface area contributed by atoms with Crippen LogP contribution >= 0.6 is 0 Å². The quantitative estimate of drug-likeness (QED) is 0.301. The van der Waals surface area contributed by atoms with E-state index in [1.807, 2.05) is 0 Å². The van der Waals surface area contributed by atoms with Crippen LogP contribution in [0.25, 0.3) is 0 Å². The topological polar surface area (TPSA) is 0 Å². The van der Waals surface area contributed by atoms with Crippen LogP contribution in [0.5, 0.6) is 0 Å². The van der Waals surface area contributed by atoms with Gasteiger partial charge in [0.05, 0.1) is 0 Å². The SMILES string of the molecule is CCCCCCCCCCCCc1ccc([I-]c2ccc(C)cc2)cc1. The van der Waals surface area contributed by atoms with Crippen LogP contribution < -0.4 is 21.2 Å². The van der Waals surface area contributed by atoms with Crippen molar-refractivity contribution >= 4 is 0 Å². The summed E-state index contributed by atoms with van der Waals surface area (Å²) in [6, 6.07) is 18.5. The van der Waals surface area contributed by atoms with Crippen LogP contribution in [0.4, 0.5) is 0 Å². The van der Waals surface area contributed by atoms with Crippen molar-refractivity contribution in [2.24, 2.45) is 0 Å². The number of halogens is 1. The molecule has 0 aliphatic carbocycles. The average Bonchev–Trinajstić information content (AvgIpc) is 2.66. The van der Waals surface area contributed by atoms with Crippen LogP contribution in [0.15, 0.2) is 48.5 Å². The molecule has 144 valence electrons. The van der Waals surface area contributed by atoms with E-state index in [4.69, 9.17) is 0 Å². The Bertz CT molecular complexity index is 583. The molecule has 0 fully saturated rings. The van der Waals surface area contributed by atoms with Gasteiger partial charge in [-0.2, -0.15) is 0 Å². The molecule has 2 aromatic rings. The molecule has 0 saturated carbocycles. The number of aryl methyl sites for hydroxylation is 2. The Morgan fingerprint density at radius 3 is 1.58 bits per heavy atom. The molecule has 0 spiro atoms. The van der Waals surface area contributed by atoms with Gasteiger partial charge in [0.25, 0.3) is 0 Å². The molecular weight excluding hydrogens is 427 g/mol. The van der Waals surface area contributed by atoms with Crippen molar-refractivity contribution in [3.05, 3.63) is 66.8 Å². The summed E-state index contributed by atoms with van der Waals surface area (Å²) in [6.07, 6.45) is 15.4. The van der Waals surface area contributed by atoms with Gasteiger partial charge in [0.15, 0.2) is 0 Å². The summed E-state index contributed by atoms with van der Waals surface area (Å²) in [7, 11) is 0. The molecule has 0 nitrogen and oxygen atoms in total. The fourth-order valence-electron chi connectivity index (χ4n) is 3.25. The summed E-state index contributed by atoms with van der Waals surface area (Å²) in [5, 5.41) is 0. The Balaban J connectivity index is 1.55. The maximum atomic E-state index is 2.36. The van der Waals surface area contributed by atoms with Gasteiger partial charge in [0.2, 0.25) is 0 Å². The Hall–Kier alpha value is -0.830. The van der Waals surface area contributed by atoms with Crippen molar-refractivity contribution in [1.82, 2.24) is 0 Å². The first-order chi connectivity index (χ1) is 12.8. The molecule has 0 heterocycles.